The molecule has 1 heterocycles. The maximum Gasteiger partial charge on any atom is 0.175 e. The van der Waals surface area contributed by atoms with Crippen LogP contribution in [0.25, 0.3) is 0 Å². The summed E-state index contributed by atoms with van der Waals surface area (Å²) in [5, 5.41) is -0.176. The summed E-state index contributed by atoms with van der Waals surface area (Å²) in [6.45, 7) is 0. The van der Waals surface area contributed by atoms with Crippen molar-refractivity contribution in [1.29, 1.82) is 0 Å². The fourth-order valence-corrected chi connectivity index (χ4v) is 2.88. The zero-order chi connectivity index (χ0) is 11.0. The lowest BCUT2D eigenvalue weighted by Gasteiger charge is -2.14. The molecule has 0 fully saturated rings. The molecular formula is C13H9NOS. The predicted octanol–water partition coefficient (Wildman–Crippen LogP) is 2.60. The first-order chi connectivity index (χ1) is 7.84. The Hall–Kier alpha value is -1.61. The Morgan fingerprint density at radius 3 is 3.06 bits per heavy atom. The number of benzene rings is 1. The number of aliphatic imine (C=N–C) groups is 1. The van der Waals surface area contributed by atoms with Gasteiger partial charge in [0.2, 0.25) is 0 Å². The smallest absolute Gasteiger partial charge is 0.175 e. The SMILES string of the molecule is O=C1C=CC=C2N=Cc3ccccc3SC12. The summed E-state index contributed by atoms with van der Waals surface area (Å²) in [5.41, 5.74) is 1.92. The summed E-state index contributed by atoms with van der Waals surface area (Å²) in [5.74, 6) is 0.122. The highest BCUT2D eigenvalue weighted by Crippen LogP contribution is 2.35. The molecular weight excluding hydrogens is 218 g/mol. The van der Waals surface area contributed by atoms with Gasteiger partial charge in [0, 0.05) is 16.7 Å². The number of thioether (sulfide) groups is 1. The standard InChI is InChI=1S/C13H9NOS/c15-11-6-3-5-10-13(11)16-12-7-2-1-4-9(12)8-14-10/h1-8,13H. The Morgan fingerprint density at radius 1 is 1.25 bits per heavy atom. The normalized spacial score (nSPS) is 22.1. The molecule has 78 valence electrons. The van der Waals surface area contributed by atoms with Crippen LogP contribution in [0.5, 0.6) is 0 Å². The van der Waals surface area contributed by atoms with Gasteiger partial charge in [-0.1, -0.05) is 24.3 Å². The van der Waals surface area contributed by atoms with Crippen molar-refractivity contribution in [3.05, 3.63) is 53.8 Å². The van der Waals surface area contributed by atoms with Crippen molar-refractivity contribution < 1.29 is 4.79 Å². The minimum Gasteiger partial charge on any atom is -0.293 e. The van der Waals surface area contributed by atoms with E-state index in [2.05, 4.69) is 4.99 Å². The van der Waals surface area contributed by atoms with E-state index in [0.29, 0.717) is 0 Å². The topological polar surface area (TPSA) is 29.4 Å². The third-order valence-corrected chi connectivity index (χ3v) is 3.91. The quantitative estimate of drug-likeness (QED) is 0.681. The molecule has 0 radical (unpaired) electrons. The third kappa shape index (κ3) is 1.53. The van der Waals surface area contributed by atoms with E-state index in [1.54, 1.807) is 23.9 Å². The first-order valence-electron chi connectivity index (χ1n) is 5.06. The summed E-state index contributed by atoms with van der Waals surface area (Å²) >= 11 is 1.58. The molecule has 2 aliphatic rings. The molecule has 0 saturated heterocycles. The lowest BCUT2D eigenvalue weighted by atomic mass is 10.1. The van der Waals surface area contributed by atoms with Crippen LogP contribution in [0.3, 0.4) is 0 Å². The van der Waals surface area contributed by atoms with Gasteiger partial charge < -0.3 is 0 Å². The lowest BCUT2D eigenvalue weighted by Crippen LogP contribution is -2.18. The van der Waals surface area contributed by atoms with Crippen molar-refractivity contribution in [3.63, 3.8) is 0 Å². The molecule has 0 N–H and O–H groups in total. The molecule has 3 rings (SSSR count). The molecule has 1 aromatic rings. The number of carbonyl (C=O) groups is 1. The van der Waals surface area contributed by atoms with Gasteiger partial charge in [-0.2, -0.15) is 0 Å². The van der Waals surface area contributed by atoms with Crippen LogP contribution in [0.1, 0.15) is 5.56 Å². The average Bonchev–Trinajstić information content (AvgIpc) is 2.50. The van der Waals surface area contributed by atoms with E-state index in [1.807, 2.05) is 36.6 Å². The van der Waals surface area contributed by atoms with Crippen LogP contribution in [0, 0.1) is 0 Å². The third-order valence-electron chi connectivity index (χ3n) is 2.57. The molecule has 1 unspecified atom stereocenters. The van der Waals surface area contributed by atoms with Gasteiger partial charge >= 0.3 is 0 Å². The Balaban J connectivity index is 2.10. The largest absolute Gasteiger partial charge is 0.293 e. The minimum absolute atomic E-state index is 0.122. The molecule has 0 amide bonds. The van der Waals surface area contributed by atoms with Crippen LogP contribution < -0.4 is 0 Å². The van der Waals surface area contributed by atoms with E-state index in [0.717, 1.165) is 16.2 Å². The number of hydrogen-bond donors (Lipinski definition) is 0. The van der Waals surface area contributed by atoms with Gasteiger partial charge in [0.15, 0.2) is 5.78 Å². The number of hydrogen-bond acceptors (Lipinski definition) is 3. The summed E-state index contributed by atoms with van der Waals surface area (Å²) in [6.07, 6.45) is 7.12. The van der Waals surface area contributed by atoms with Gasteiger partial charge in [-0.25, -0.2) is 0 Å². The first-order valence-corrected chi connectivity index (χ1v) is 5.94. The molecule has 2 nitrogen and oxygen atoms in total. The molecule has 1 aliphatic heterocycles. The monoisotopic (exact) mass is 227 g/mol. The molecule has 1 aromatic carbocycles. The highest BCUT2D eigenvalue weighted by Gasteiger charge is 2.26. The van der Waals surface area contributed by atoms with E-state index < -0.39 is 0 Å². The van der Waals surface area contributed by atoms with Gasteiger partial charge in [-0.05, 0) is 18.2 Å². The Bertz CT molecular complexity index is 543. The molecule has 0 bridgehead atoms. The molecule has 16 heavy (non-hydrogen) atoms. The highest BCUT2D eigenvalue weighted by atomic mass is 32.2. The molecule has 1 aliphatic carbocycles. The Morgan fingerprint density at radius 2 is 2.12 bits per heavy atom. The molecule has 3 heteroatoms. The van der Waals surface area contributed by atoms with Gasteiger partial charge in [-0.15, -0.1) is 11.8 Å². The van der Waals surface area contributed by atoms with Gasteiger partial charge in [0.25, 0.3) is 0 Å². The van der Waals surface area contributed by atoms with Crippen molar-refractivity contribution in [2.75, 3.05) is 0 Å². The van der Waals surface area contributed by atoms with Crippen LogP contribution in [-0.2, 0) is 4.79 Å². The zero-order valence-corrected chi connectivity index (χ0v) is 9.28. The van der Waals surface area contributed by atoms with Crippen LogP contribution in [0.4, 0.5) is 0 Å². The number of allylic oxidation sites excluding steroid dienone is 3. The average molecular weight is 227 g/mol. The Kier molecular flexibility index (Phi) is 2.26. The predicted molar refractivity (Wildman–Crippen MR) is 65.9 cm³/mol. The van der Waals surface area contributed by atoms with Crippen LogP contribution in [-0.4, -0.2) is 17.2 Å². The summed E-state index contributed by atoms with van der Waals surface area (Å²) in [6, 6.07) is 8.01. The van der Waals surface area contributed by atoms with E-state index >= 15 is 0 Å². The highest BCUT2D eigenvalue weighted by molar-refractivity contribution is 8.01. The molecule has 0 saturated carbocycles. The summed E-state index contributed by atoms with van der Waals surface area (Å²) < 4.78 is 0. The van der Waals surface area contributed by atoms with Crippen LogP contribution in [0.2, 0.25) is 0 Å². The maximum atomic E-state index is 11.8. The fraction of sp³-hybridized carbons (Fsp3) is 0.0769. The van der Waals surface area contributed by atoms with Crippen LogP contribution in [0.15, 0.2) is 58.1 Å². The zero-order valence-electron chi connectivity index (χ0n) is 8.46. The summed E-state index contributed by atoms with van der Waals surface area (Å²) in [7, 11) is 0. The van der Waals surface area contributed by atoms with Crippen molar-refractivity contribution in [2.45, 2.75) is 10.1 Å². The second kappa shape index (κ2) is 3.76. The number of nitrogens with zero attached hydrogens (tertiary/aromatic N) is 1. The van der Waals surface area contributed by atoms with Crippen molar-refractivity contribution >= 4 is 23.8 Å². The number of rotatable bonds is 0. The van der Waals surface area contributed by atoms with Crippen LogP contribution >= 0.6 is 11.8 Å². The fourth-order valence-electron chi connectivity index (χ4n) is 1.76. The molecule has 0 spiro atoms. The second-order valence-corrected chi connectivity index (χ2v) is 4.79. The number of ketones is 1. The second-order valence-electron chi connectivity index (χ2n) is 3.65. The Labute approximate surface area is 97.8 Å². The van der Waals surface area contributed by atoms with E-state index in [1.165, 1.54) is 0 Å². The summed E-state index contributed by atoms with van der Waals surface area (Å²) in [4.78, 5) is 17.3. The number of carbonyl (C=O) groups excluding carboxylic acids is 1. The molecule has 1 atom stereocenters. The lowest BCUT2D eigenvalue weighted by molar-refractivity contribution is -0.113. The first kappa shape index (κ1) is 9.60. The van der Waals surface area contributed by atoms with Crippen molar-refractivity contribution in [1.82, 2.24) is 0 Å². The van der Waals surface area contributed by atoms with Gasteiger partial charge in [0.05, 0.1) is 5.70 Å². The van der Waals surface area contributed by atoms with E-state index in [-0.39, 0.29) is 11.0 Å². The minimum atomic E-state index is -0.176. The van der Waals surface area contributed by atoms with E-state index in [9.17, 15) is 4.79 Å². The van der Waals surface area contributed by atoms with Gasteiger partial charge in [0.1, 0.15) is 5.25 Å². The van der Waals surface area contributed by atoms with Gasteiger partial charge in [-0.3, -0.25) is 9.79 Å². The molecule has 0 aromatic heterocycles. The number of fused-ring (bicyclic) bond motifs is 2. The van der Waals surface area contributed by atoms with Crippen molar-refractivity contribution in [2.24, 2.45) is 4.99 Å². The van der Waals surface area contributed by atoms with E-state index in [4.69, 9.17) is 0 Å². The maximum absolute atomic E-state index is 11.8. The van der Waals surface area contributed by atoms with Crippen molar-refractivity contribution in [3.8, 4) is 0 Å².